The van der Waals surface area contributed by atoms with Gasteiger partial charge in [-0.3, -0.25) is 14.8 Å². The Kier molecular flexibility index (Phi) is 6.76. The molecule has 2 aromatic rings. The molecule has 2 amide bonds. The second kappa shape index (κ2) is 9.31. The average Bonchev–Trinajstić information content (AvgIpc) is 3.54. The number of nitrogens with two attached hydrogens (primary N) is 1. The van der Waals surface area contributed by atoms with Crippen molar-refractivity contribution in [3.05, 3.63) is 59.7 Å². The summed E-state index contributed by atoms with van der Waals surface area (Å²) in [5.41, 5.74) is 9.62. The molecule has 7 heteroatoms. The van der Waals surface area contributed by atoms with Crippen molar-refractivity contribution in [2.24, 2.45) is 17.6 Å². The number of benzene rings is 2. The summed E-state index contributed by atoms with van der Waals surface area (Å²) < 4.78 is 0. The van der Waals surface area contributed by atoms with E-state index in [2.05, 4.69) is 17.2 Å². The third kappa shape index (κ3) is 5.70. The van der Waals surface area contributed by atoms with Gasteiger partial charge in [-0.05, 0) is 61.6 Å². The van der Waals surface area contributed by atoms with Gasteiger partial charge in [-0.15, -0.1) is 0 Å². The van der Waals surface area contributed by atoms with Crippen molar-refractivity contribution in [3.63, 3.8) is 0 Å². The maximum Gasteiger partial charge on any atom is 0.267 e. The van der Waals surface area contributed by atoms with Crippen LogP contribution in [-0.4, -0.2) is 40.3 Å². The van der Waals surface area contributed by atoms with Crippen molar-refractivity contribution in [3.8, 4) is 23.0 Å². The monoisotopic (exact) mass is 421 g/mol. The van der Waals surface area contributed by atoms with E-state index < -0.39 is 23.4 Å². The molecule has 6 N–H and O–H groups in total. The van der Waals surface area contributed by atoms with Crippen molar-refractivity contribution >= 4 is 11.8 Å². The highest BCUT2D eigenvalue weighted by molar-refractivity contribution is 5.98. The van der Waals surface area contributed by atoms with Crippen LogP contribution in [0.4, 0.5) is 0 Å². The van der Waals surface area contributed by atoms with Crippen LogP contribution < -0.4 is 16.5 Å². The summed E-state index contributed by atoms with van der Waals surface area (Å²) in [7, 11) is 0. The van der Waals surface area contributed by atoms with E-state index in [1.165, 1.54) is 5.48 Å². The zero-order chi connectivity index (χ0) is 22.6. The summed E-state index contributed by atoms with van der Waals surface area (Å²) in [6.07, 6.45) is 0.968. The molecule has 3 atom stereocenters. The van der Waals surface area contributed by atoms with Crippen LogP contribution in [-0.2, 0) is 4.79 Å². The SMILES string of the molecule is CC(C)(N)C(NC(=O)c1ccc(-c2ccc(C#CC3CC3CO)cc2)cc1)C(=O)NO. The van der Waals surface area contributed by atoms with E-state index in [4.69, 9.17) is 16.0 Å². The first-order chi connectivity index (χ1) is 14.7. The van der Waals surface area contributed by atoms with Crippen LogP contribution in [0.1, 0.15) is 36.2 Å². The largest absolute Gasteiger partial charge is 0.396 e. The molecule has 162 valence electrons. The smallest absolute Gasteiger partial charge is 0.267 e. The van der Waals surface area contributed by atoms with Crippen LogP contribution >= 0.6 is 0 Å². The van der Waals surface area contributed by atoms with E-state index in [0.29, 0.717) is 17.4 Å². The molecule has 31 heavy (non-hydrogen) atoms. The molecule has 1 fully saturated rings. The van der Waals surface area contributed by atoms with Gasteiger partial charge in [0.2, 0.25) is 0 Å². The molecule has 3 unspecified atom stereocenters. The van der Waals surface area contributed by atoms with E-state index in [1.807, 2.05) is 36.4 Å². The summed E-state index contributed by atoms with van der Waals surface area (Å²) >= 11 is 0. The maximum atomic E-state index is 12.5. The van der Waals surface area contributed by atoms with Crippen molar-refractivity contribution in [1.29, 1.82) is 0 Å². The Morgan fingerprint density at radius 3 is 2.19 bits per heavy atom. The van der Waals surface area contributed by atoms with Crippen LogP contribution in [0.3, 0.4) is 0 Å². The fourth-order valence-electron chi connectivity index (χ4n) is 3.23. The summed E-state index contributed by atoms with van der Waals surface area (Å²) in [5.74, 6) is 5.70. The standard InChI is InChI=1S/C24H27N3O4/c1-24(2,25)21(23(30)27-31)26-22(29)18-11-9-17(10-12-18)16-6-3-15(4-7-16)5-8-19-13-20(19)14-28/h3-4,6-7,9-12,19-21,28,31H,13-14,25H2,1-2H3,(H,26,29)(H,27,30). The summed E-state index contributed by atoms with van der Waals surface area (Å²) in [6, 6.07) is 13.7. The fraction of sp³-hybridized carbons (Fsp3) is 0.333. The summed E-state index contributed by atoms with van der Waals surface area (Å²) in [6.45, 7) is 3.37. The van der Waals surface area contributed by atoms with Crippen LogP contribution in [0.15, 0.2) is 48.5 Å². The Labute approximate surface area is 181 Å². The quantitative estimate of drug-likeness (QED) is 0.276. The van der Waals surface area contributed by atoms with Crippen molar-refractivity contribution < 1.29 is 19.9 Å². The minimum absolute atomic E-state index is 0.200. The molecule has 0 saturated heterocycles. The van der Waals surface area contributed by atoms with E-state index in [9.17, 15) is 9.59 Å². The number of carbonyl (C=O) groups is 2. The molecule has 3 rings (SSSR count). The van der Waals surface area contributed by atoms with Gasteiger partial charge in [-0.2, -0.15) is 0 Å². The Morgan fingerprint density at radius 2 is 1.71 bits per heavy atom. The molecular weight excluding hydrogens is 394 g/mol. The lowest BCUT2D eigenvalue weighted by Gasteiger charge is -2.29. The fourth-order valence-corrected chi connectivity index (χ4v) is 3.23. The Hall–Kier alpha value is -3.18. The number of hydrogen-bond donors (Lipinski definition) is 5. The van der Waals surface area contributed by atoms with Crippen LogP contribution in [0, 0.1) is 23.7 Å². The van der Waals surface area contributed by atoms with Crippen LogP contribution in [0.2, 0.25) is 0 Å². The van der Waals surface area contributed by atoms with Gasteiger partial charge in [0.1, 0.15) is 6.04 Å². The van der Waals surface area contributed by atoms with Crippen LogP contribution in [0.25, 0.3) is 11.1 Å². The average molecular weight is 421 g/mol. The maximum absolute atomic E-state index is 12.5. The van der Waals surface area contributed by atoms with E-state index in [-0.39, 0.29) is 6.61 Å². The Balaban J connectivity index is 1.67. The summed E-state index contributed by atoms with van der Waals surface area (Å²) in [5, 5.41) is 20.5. The van der Waals surface area contributed by atoms with Crippen LogP contribution in [0.5, 0.6) is 0 Å². The van der Waals surface area contributed by atoms with Gasteiger partial charge in [0.25, 0.3) is 11.8 Å². The lowest BCUT2D eigenvalue weighted by molar-refractivity contribution is -0.132. The third-order valence-electron chi connectivity index (χ3n) is 5.32. The zero-order valence-electron chi connectivity index (χ0n) is 17.6. The van der Waals surface area contributed by atoms with Crippen molar-refractivity contribution in [2.45, 2.75) is 31.8 Å². The number of aliphatic hydroxyl groups excluding tert-OH is 1. The molecular formula is C24H27N3O4. The van der Waals surface area contributed by atoms with E-state index >= 15 is 0 Å². The predicted octanol–water partition coefficient (Wildman–Crippen LogP) is 1.67. The molecule has 2 aromatic carbocycles. The number of amides is 2. The normalized spacial score (nSPS) is 18.4. The lowest BCUT2D eigenvalue weighted by atomic mass is 9.94. The molecule has 0 heterocycles. The topological polar surface area (TPSA) is 125 Å². The molecule has 1 saturated carbocycles. The Bertz CT molecular complexity index is 998. The molecule has 0 aliphatic heterocycles. The number of carbonyl (C=O) groups excluding carboxylic acids is 2. The number of nitrogens with one attached hydrogen (secondary N) is 2. The molecule has 7 nitrogen and oxygen atoms in total. The molecule has 1 aliphatic rings. The highest BCUT2D eigenvalue weighted by Crippen LogP contribution is 2.37. The lowest BCUT2D eigenvalue weighted by Crippen LogP contribution is -2.61. The van der Waals surface area contributed by atoms with Gasteiger partial charge in [0.05, 0.1) is 0 Å². The molecule has 0 spiro atoms. The highest BCUT2D eigenvalue weighted by Gasteiger charge is 2.35. The Morgan fingerprint density at radius 1 is 1.13 bits per heavy atom. The van der Waals surface area contributed by atoms with Gasteiger partial charge in [-0.1, -0.05) is 36.1 Å². The van der Waals surface area contributed by atoms with Gasteiger partial charge < -0.3 is 16.2 Å². The number of aliphatic hydroxyl groups is 1. The first-order valence-electron chi connectivity index (χ1n) is 10.1. The predicted molar refractivity (Wildman–Crippen MR) is 117 cm³/mol. The first kappa shape index (κ1) is 22.5. The molecule has 0 radical (unpaired) electrons. The van der Waals surface area contributed by atoms with Gasteiger partial charge in [-0.25, -0.2) is 5.48 Å². The van der Waals surface area contributed by atoms with E-state index in [1.54, 1.807) is 26.0 Å². The van der Waals surface area contributed by atoms with Crippen molar-refractivity contribution in [1.82, 2.24) is 10.8 Å². The molecule has 1 aliphatic carbocycles. The second-order valence-corrected chi connectivity index (χ2v) is 8.41. The van der Waals surface area contributed by atoms with Gasteiger partial charge >= 0.3 is 0 Å². The summed E-state index contributed by atoms with van der Waals surface area (Å²) in [4.78, 5) is 24.4. The third-order valence-corrected chi connectivity index (χ3v) is 5.32. The molecule has 0 bridgehead atoms. The zero-order valence-corrected chi connectivity index (χ0v) is 17.6. The minimum Gasteiger partial charge on any atom is -0.396 e. The number of rotatable bonds is 6. The van der Waals surface area contributed by atoms with Gasteiger partial charge in [0, 0.05) is 29.2 Å². The van der Waals surface area contributed by atoms with Gasteiger partial charge in [0.15, 0.2) is 0 Å². The highest BCUT2D eigenvalue weighted by atomic mass is 16.5. The van der Waals surface area contributed by atoms with E-state index in [0.717, 1.165) is 23.1 Å². The molecule has 0 aromatic heterocycles. The first-order valence-corrected chi connectivity index (χ1v) is 10.1. The number of hydrogen-bond acceptors (Lipinski definition) is 5. The second-order valence-electron chi connectivity index (χ2n) is 8.41. The minimum atomic E-state index is -1.10. The van der Waals surface area contributed by atoms with Crippen molar-refractivity contribution in [2.75, 3.05) is 6.61 Å². The number of hydroxylamine groups is 1.